The van der Waals surface area contributed by atoms with Crippen LogP contribution < -0.4 is 0 Å². The zero-order valence-electron chi connectivity index (χ0n) is 14.7. The van der Waals surface area contributed by atoms with Crippen molar-refractivity contribution in [1.29, 1.82) is 0 Å². The molecule has 1 saturated carbocycles. The summed E-state index contributed by atoms with van der Waals surface area (Å²) in [5.41, 5.74) is 0.157. The van der Waals surface area contributed by atoms with Gasteiger partial charge >= 0.3 is 5.97 Å². The normalized spacial score (nSPS) is 16.2. The summed E-state index contributed by atoms with van der Waals surface area (Å²) in [4.78, 5) is 26.2. The maximum absolute atomic E-state index is 12.9. The number of halogens is 1. The molecule has 1 aromatic carbocycles. The van der Waals surface area contributed by atoms with Crippen LogP contribution in [0.3, 0.4) is 0 Å². The molecule has 3 rings (SSSR count). The van der Waals surface area contributed by atoms with Crippen LogP contribution >= 0.6 is 11.6 Å². The summed E-state index contributed by atoms with van der Waals surface area (Å²) in [5, 5.41) is 14.6. The number of hydrogen-bond donors (Lipinski definition) is 1. The summed E-state index contributed by atoms with van der Waals surface area (Å²) in [5.74, 6) is -1.25. The van der Waals surface area contributed by atoms with Crippen molar-refractivity contribution in [2.45, 2.75) is 44.2 Å². The van der Waals surface area contributed by atoms with E-state index in [1.54, 1.807) is 24.0 Å². The van der Waals surface area contributed by atoms with Crippen molar-refractivity contribution in [3.8, 4) is 0 Å². The maximum atomic E-state index is 12.9. The Kier molecular flexibility index (Phi) is 5.32. The minimum absolute atomic E-state index is 0.320. The zero-order chi connectivity index (χ0) is 18.7. The van der Waals surface area contributed by atoms with E-state index in [9.17, 15) is 14.7 Å². The van der Waals surface area contributed by atoms with Gasteiger partial charge in [-0.2, -0.15) is 5.10 Å². The van der Waals surface area contributed by atoms with Crippen LogP contribution in [-0.4, -0.2) is 44.3 Å². The van der Waals surface area contributed by atoms with Crippen LogP contribution in [0.25, 0.3) is 0 Å². The first-order chi connectivity index (χ1) is 12.4. The third kappa shape index (κ3) is 3.46. The molecular weight excluding hydrogens is 354 g/mol. The maximum Gasteiger partial charge on any atom is 0.329 e. The van der Waals surface area contributed by atoms with Gasteiger partial charge in [0.2, 0.25) is 0 Å². The molecule has 0 aliphatic heterocycles. The van der Waals surface area contributed by atoms with Crippen molar-refractivity contribution in [3.05, 3.63) is 52.8 Å². The van der Waals surface area contributed by atoms with Gasteiger partial charge in [-0.05, 0) is 24.5 Å². The molecule has 6 nitrogen and oxygen atoms in total. The molecule has 0 radical (unpaired) electrons. The smallest absolute Gasteiger partial charge is 0.329 e. The van der Waals surface area contributed by atoms with Crippen LogP contribution in [0.4, 0.5) is 0 Å². The molecule has 7 heteroatoms. The Labute approximate surface area is 157 Å². The molecule has 26 heavy (non-hydrogen) atoms. The van der Waals surface area contributed by atoms with Crippen molar-refractivity contribution in [2.75, 3.05) is 7.05 Å². The van der Waals surface area contributed by atoms with Gasteiger partial charge in [-0.3, -0.25) is 9.48 Å². The lowest BCUT2D eigenvalue weighted by Crippen LogP contribution is -2.56. The van der Waals surface area contributed by atoms with Gasteiger partial charge in [0, 0.05) is 18.3 Å². The number of likely N-dealkylation sites (N-methyl/N-ethyl adjacent to an activating group) is 1. The van der Waals surface area contributed by atoms with E-state index in [-0.39, 0.29) is 5.91 Å². The highest BCUT2D eigenvalue weighted by Crippen LogP contribution is 2.34. The van der Waals surface area contributed by atoms with Crippen LogP contribution in [0.2, 0.25) is 5.02 Å². The van der Waals surface area contributed by atoms with Gasteiger partial charge < -0.3 is 10.0 Å². The number of hydrogen-bond acceptors (Lipinski definition) is 3. The molecule has 1 aromatic heterocycles. The molecular formula is C19H22ClN3O3. The van der Waals surface area contributed by atoms with Crippen LogP contribution in [0.15, 0.2) is 36.7 Å². The number of amides is 1. The Hall–Kier alpha value is -2.34. The first kappa shape index (κ1) is 18.5. The third-order valence-corrected chi connectivity index (χ3v) is 5.56. The van der Waals surface area contributed by atoms with Gasteiger partial charge in [0.15, 0.2) is 0 Å². The average molecular weight is 376 g/mol. The number of carbonyl (C=O) groups is 2. The lowest BCUT2D eigenvalue weighted by molar-refractivity contribution is -0.151. The fourth-order valence-electron chi connectivity index (χ4n) is 3.58. The average Bonchev–Trinajstić information content (AvgIpc) is 3.11. The van der Waals surface area contributed by atoms with E-state index < -0.39 is 11.5 Å². The first-order valence-electron chi connectivity index (χ1n) is 8.71. The lowest BCUT2D eigenvalue weighted by atomic mass is 9.80. The molecule has 1 heterocycles. The van der Waals surface area contributed by atoms with Gasteiger partial charge in [0.1, 0.15) is 5.54 Å². The molecule has 0 saturated heterocycles. The van der Waals surface area contributed by atoms with E-state index >= 15 is 0 Å². The van der Waals surface area contributed by atoms with Crippen LogP contribution in [0.1, 0.15) is 48.0 Å². The molecule has 0 bridgehead atoms. The molecule has 0 unspecified atom stereocenters. The van der Waals surface area contributed by atoms with Gasteiger partial charge in [0.25, 0.3) is 5.91 Å². The molecule has 1 amide bonds. The third-order valence-electron chi connectivity index (χ3n) is 5.20. The Morgan fingerprint density at radius 1 is 1.27 bits per heavy atom. The highest BCUT2D eigenvalue weighted by molar-refractivity contribution is 6.31. The first-order valence-corrected chi connectivity index (χ1v) is 9.09. The molecule has 0 atom stereocenters. The Bertz CT molecular complexity index is 812. The van der Waals surface area contributed by atoms with E-state index in [0.29, 0.717) is 30.0 Å². The summed E-state index contributed by atoms with van der Waals surface area (Å²) < 4.78 is 1.64. The van der Waals surface area contributed by atoms with E-state index in [4.69, 9.17) is 11.6 Å². The van der Waals surface area contributed by atoms with Crippen LogP contribution in [0, 0.1) is 0 Å². The van der Waals surface area contributed by atoms with Gasteiger partial charge in [-0.15, -0.1) is 0 Å². The van der Waals surface area contributed by atoms with Crippen LogP contribution in [-0.2, 0) is 11.3 Å². The quantitative estimate of drug-likeness (QED) is 0.868. The number of carboxylic acids is 1. The van der Waals surface area contributed by atoms with Crippen molar-refractivity contribution < 1.29 is 14.7 Å². The minimum atomic E-state index is -1.12. The lowest BCUT2D eigenvalue weighted by Gasteiger charge is -2.40. The van der Waals surface area contributed by atoms with Gasteiger partial charge in [-0.25, -0.2) is 4.79 Å². The van der Waals surface area contributed by atoms with E-state index in [2.05, 4.69) is 5.10 Å². The summed E-state index contributed by atoms with van der Waals surface area (Å²) in [6, 6.07) is 7.46. The van der Waals surface area contributed by atoms with Crippen LogP contribution in [0.5, 0.6) is 0 Å². The predicted octanol–water partition coefficient (Wildman–Crippen LogP) is 3.44. The number of nitrogens with zero attached hydrogens (tertiary/aromatic N) is 3. The number of aliphatic carboxylic acids is 1. The fourth-order valence-corrected chi connectivity index (χ4v) is 3.77. The van der Waals surface area contributed by atoms with Crippen molar-refractivity contribution in [3.63, 3.8) is 0 Å². The highest BCUT2D eigenvalue weighted by atomic mass is 35.5. The van der Waals surface area contributed by atoms with Crippen molar-refractivity contribution in [1.82, 2.24) is 14.7 Å². The Morgan fingerprint density at radius 2 is 1.96 bits per heavy atom. The molecule has 2 aromatic rings. The molecule has 1 N–H and O–H groups in total. The molecule has 0 spiro atoms. The molecule has 1 aliphatic rings. The Morgan fingerprint density at radius 3 is 2.62 bits per heavy atom. The van der Waals surface area contributed by atoms with E-state index in [0.717, 1.165) is 24.8 Å². The van der Waals surface area contributed by atoms with Gasteiger partial charge in [0.05, 0.1) is 18.3 Å². The number of carbonyl (C=O) groups excluding carboxylic acids is 1. The fraction of sp³-hybridized carbons (Fsp3) is 0.421. The molecule has 138 valence electrons. The number of carboxylic acid groups (broad SMARTS) is 1. The van der Waals surface area contributed by atoms with E-state index in [1.807, 2.05) is 18.2 Å². The van der Waals surface area contributed by atoms with E-state index in [1.165, 1.54) is 11.1 Å². The second-order valence-corrected chi connectivity index (χ2v) is 7.19. The monoisotopic (exact) mass is 375 g/mol. The van der Waals surface area contributed by atoms with Gasteiger partial charge in [-0.1, -0.05) is 49.1 Å². The Balaban J connectivity index is 1.79. The standard InChI is InChI=1S/C19H22ClN3O3/c1-22(19(18(25)26)9-5-2-6-10-19)17(24)15-11-21-23(13-15)12-14-7-3-4-8-16(14)20/h3-4,7-8,11,13H,2,5-6,9-10,12H2,1H3,(H,25,26). The largest absolute Gasteiger partial charge is 0.479 e. The summed E-state index contributed by atoms with van der Waals surface area (Å²) in [6.45, 7) is 0.445. The number of rotatable bonds is 5. The van der Waals surface area contributed by atoms with Crippen molar-refractivity contribution >= 4 is 23.5 Å². The van der Waals surface area contributed by atoms with Crippen molar-refractivity contribution in [2.24, 2.45) is 0 Å². The molecule has 1 aliphatic carbocycles. The topological polar surface area (TPSA) is 75.4 Å². The number of benzene rings is 1. The second kappa shape index (κ2) is 7.50. The summed E-state index contributed by atoms with van der Waals surface area (Å²) in [6.07, 6.45) is 6.73. The highest BCUT2D eigenvalue weighted by Gasteiger charge is 2.45. The summed E-state index contributed by atoms with van der Waals surface area (Å²) in [7, 11) is 1.58. The zero-order valence-corrected chi connectivity index (χ0v) is 15.4. The summed E-state index contributed by atoms with van der Waals surface area (Å²) >= 11 is 6.17. The molecule has 1 fully saturated rings. The second-order valence-electron chi connectivity index (χ2n) is 6.78. The predicted molar refractivity (Wildman–Crippen MR) is 98.3 cm³/mol. The SMILES string of the molecule is CN(C(=O)c1cnn(Cc2ccccc2Cl)c1)C1(C(=O)O)CCCCC1. The number of aromatic nitrogens is 2. The minimum Gasteiger partial charge on any atom is -0.479 e.